The van der Waals surface area contributed by atoms with Gasteiger partial charge in [-0.05, 0) is 0 Å². The molecule has 3 heteroatoms. The maximum atomic E-state index is 6.19. The molecule has 0 aliphatic heterocycles. The monoisotopic (exact) mass is 391 g/mol. The summed E-state index contributed by atoms with van der Waals surface area (Å²) in [6.45, 7) is 7.82. The fourth-order valence-electron chi connectivity index (χ4n) is 3.02. The molecule has 0 radical (unpaired) electrons. The summed E-state index contributed by atoms with van der Waals surface area (Å²) in [7, 11) is 0. The van der Waals surface area contributed by atoms with Crippen LogP contribution in [0.15, 0.2) is 0 Å². The summed E-state index contributed by atoms with van der Waals surface area (Å²) < 4.78 is 12.0. The molecule has 1 aliphatic rings. The van der Waals surface area contributed by atoms with Gasteiger partial charge >= 0.3 is 131 Å². The van der Waals surface area contributed by atoms with Crippen LogP contribution >= 0.6 is 0 Å². The van der Waals surface area contributed by atoms with E-state index in [1.54, 1.807) is 13.3 Å². The third-order valence-corrected chi connectivity index (χ3v) is 19.3. The van der Waals surface area contributed by atoms with E-state index in [2.05, 4.69) is 20.8 Å². The normalized spacial score (nSPS) is 17.4. The van der Waals surface area contributed by atoms with E-state index in [0.717, 1.165) is 11.2 Å². The van der Waals surface area contributed by atoms with Crippen molar-refractivity contribution in [2.45, 2.75) is 91.0 Å². The van der Waals surface area contributed by atoms with Gasteiger partial charge in [-0.2, -0.15) is 0 Å². The van der Waals surface area contributed by atoms with Crippen molar-refractivity contribution in [3.8, 4) is 0 Å². The zero-order chi connectivity index (χ0) is 14.9. The molecule has 0 saturated heterocycles. The molecule has 2 nitrogen and oxygen atoms in total. The van der Waals surface area contributed by atoms with E-state index in [1.807, 2.05) is 0 Å². The van der Waals surface area contributed by atoms with Crippen LogP contribution in [0, 0.1) is 0 Å². The SMILES string of the molecule is CCC[CH2][Sn]([CH2]CCC)([CH2]CCC)[CH2]OCC1(N)CC1. The molecule has 20 heavy (non-hydrogen) atoms. The topological polar surface area (TPSA) is 35.2 Å². The first-order valence-corrected chi connectivity index (χ1v) is 17.0. The van der Waals surface area contributed by atoms with Crippen molar-refractivity contribution in [2.24, 2.45) is 5.73 Å². The van der Waals surface area contributed by atoms with E-state index < -0.39 is 18.4 Å². The zero-order valence-corrected chi connectivity index (χ0v) is 17.0. The number of rotatable bonds is 13. The van der Waals surface area contributed by atoms with Crippen LogP contribution in [0.5, 0.6) is 0 Å². The van der Waals surface area contributed by atoms with Crippen LogP contribution in [0.1, 0.15) is 72.1 Å². The van der Waals surface area contributed by atoms with Gasteiger partial charge in [-0.1, -0.05) is 0 Å². The van der Waals surface area contributed by atoms with E-state index >= 15 is 0 Å². The third-order valence-electron chi connectivity index (χ3n) is 4.87. The molecule has 0 aromatic heterocycles. The fraction of sp³-hybridized carbons (Fsp3) is 1.00. The molecule has 120 valence electrons. The molecule has 1 fully saturated rings. The van der Waals surface area contributed by atoms with Crippen molar-refractivity contribution in [1.82, 2.24) is 0 Å². The number of nitrogens with two attached hydrogens (primary N) is 1. The van der Waals surface area contributed by atoms with Crippen molar-refractivity contribution in [2.75, 3.05) is 11.2 Å². The van der Waals surface area contributed by atoms with Crippen LogP contribution in [-0.4, -0.2) is 35.1 Å². The molecule has 1 saturated carbocycles. The predicted molar refractivity (Wildman–Crippen MR) is 91.9 cm³/mol. The van der Waals surface area contributed by atoms with E-state index in [4.69, 9.17) is 10.5 Å². The Morgan fingerprint density at radius 2 is 1.35 bits per heavy atom. The van der Waals surface area contributed by atoms with Crippen molar-refractivity contribution in [1.29, 1.82) is 0 Å². The summed E-state index contributed by atoms with van der Waals surface area (Å²) in [5.41, 5.74) is 6.24. The van der Waals surface area contributed by atoms with Gasteiger partial charge in [0.25, 0.3) is 0 Å². The van der Waals surface area contributed by atoms with Gasteiger partial charge in [0.05, 0.1) is 0 Å². The van der Waals surface area contributed by atoms with Gasteiger partial charge in [0.2, 0.25) is 0 Å². The summed E-state index contributed by atoms with van der Waals surface area (Å²) >= 11 is -2.04. The molecule has 0 amide bonds. The van der Waals surface area contributed by atoms with Crippen LogP contribution in [0.25, 0.3) is 0 Å². The van der Waals surface area contributed by atoms with Crippen LogP contribution in [-0.2, 0) is 4.74 Å². The average Bonchev–Trinajstić information content (AvgIpc) is 3.18. The Bertz CT molecular complexity index is 232. The molecule has 2 N–H and O–H groups in total. The predicted octanol–water partition coefficient (Wildman–Crippen LogP) is 4.88. The van der Waals surface area contributed by atoms with E-state index in [9.17, 15) is 0 Å². The number of hydrogen-bond donors (Lipinski definition) is 1. The summed E-state index contributed by atoms with van der Waals surface area (Å²) in [4.78, 5) is 0. The second-order valence-corrected chi connectivity index (χ2v) is 20.8. The van der Waals surface area contributed by atoms with Crippen LogP contribution in [0.3, 0.4) is 0 Å². The number of ether oxygens (including phenoxy) is 1. The quantitative estimate of drug-likeness (QED) is 0.455. The van der Waals surface area contributed by atoms with Crippen LogP contribution in [0.4, 0.5) is 0 Å². The van der Waals surface area contributed by atoms with Gasteiger partial charge in [0, 0.05) is 0 Å². The van der Waals surface area contributed by atoms with Crippen molar-refractivity contribution >= 4 is 18.4 Å². The summed E-state index contributed by atoms with van der Waals surface area (Å²) in [6, 6.07) is 0. The van der Waals surface area contributed by atoms with E-state index in [0.29, 0.717) is 0 Å². The van der Waals surface area contributed by atoms with Gasteiger partial charge in [-0.25, -0.2) is 0 Å². The molecule has 1 rings (SSSR count). The first-order valence-electron chi connectivity index (χ1n) is 8.96. The van der Waals surface area contributed by atoms with Crippen LogP contribution in [0.2, 0.25) is 13.3 Å². The second kappa shape index (κ2) is 9.68. The second-order valence-electron chi connectivity index (χ2n) is 7.17. The van der Waals surface area contributed by atoms with Gasteiger partial charge in [0.15, 0.2) is 0 Å². The van der Waals surface area contributed by atoms with Crippen LogP contribution < -0.4 is 5.73 Å². The van der Waals surface area contributed by atoms with E-state index in [-0.39, 0.29) is 5.54 Å². The molecular weight excluding hydrogens is 353 g/mol. The van der Waals surface area contributed by atoms with Gasteiger partial charge < -0.3 is 0 Å². The Balaban J connectivity index is 2.50. The molecule has 0 spiro atoms. The fourth-order valence-corrected chi connectivity index (χ4v) is 17.4. The van der Waals surface area contributed by atoms with Gasteiger partial charge in [-0.15, -0.1) is 0 Å². The Hall–Kier alpha value is 0.719. The van der Waals surface area contributed by atoms with Gasteiger partial charge in [-0.3, -0.25) is 0 Å². The minimum atomic E-state index is -2.04. The Morgan fingerprint density at radius 3 is 1.70 bits per heavy atom. The molecule has 1 aliphatic carbocycles. The number of hydrogen-bond acceptors (Lipinski definition) is 2. The first-order chi connectivity index (χ1) is 9.60. The first kappa shape index (κ1) is 18.8. The number of unbranched alkanes of at least 4 members (excludes halogenated alkanes) is 3. The molecular formula is C17H37NOSn. The average molecular weight is 390 g/mol. The van der Waals surface area contributed by atoms with Crippen molar-refractivity contribution in [3.63, 3.8) is 0 Å². The Kier molecular flexibility index (Phi) is 9.08. The molecule has 0 aromatic carbocycles. The Morgan fingerprint density at radius 1 is 0.900 bits per heavy atom. The molecule has 0 atom stereocenters. The van der Waals surface area contributed by atoms with Crippen molar-refractivity contribution < 1.29 is 4.74 Å². The van der Waals surface area contributed by atoms with Gasteiger partial charge in [0.1, 0.15) is 0 Å². The summed E-state index contributed by atoms with van der Waals surface area (Å²) in [5, 5.41) is 0. The minimum absolute atomic E-state index is 0.0673. The summed E-state index contributed by atoms with van der Waals surface area (Å²) in [5.74, 6) is 0. The standard InChI is InChI=1S/C5H10NO.3C4H9.Sn/c1-7-4-5(6)2-3-5;3*1-3-4-2;/h1-4,6H2;3*1,3-4H2,2H3;. The molecule has 0 heterocycles. The zero-order valence-electron chi connectivity index (χ0n) is 14.2. The summed E-state index contributed by atoms with van der Waals surface area (Å²) in [6.07, 6.45) is 10.7. The van der Waals surface area contributed by atoms with Crippen molar-refractivity contribution in [3.05, 3.63) is 0 Å². The Labute approximate surface area is 131 Å². The third kappa shape index (κ3) is 7.13. The molecule has 0 bridgehead atoms. The maximum absolute atomic E-state index is 6.19. The van der Waals surface area contributed by atoms with E-state index in [1.165, 1.54) is 51.4 Å². The molecule has 0 unspecified atom stereocenters. The molecule has 0 aromatic rings.